The fourth-order valence-electron chi connectivity index (χ4n) is 1.42. The first-order chi connectivity index (χ1) is 6.69. The van der Waals surface area contributed by atoms with E-state index in [2.05, 4.69) is 24.9 Å². The maximum atomic E-state index is 5.96. The maximum absolute atomic E-state index is 5.96. The van der Waals surface area contributed by atoms with E-state index in [0.717, 1.165) is 17.1 Å². The molecule has 0 aromatic heterocycles. The van der Waals surface area contributed by atoms with Gasteiger partial charge in [-0.3, -0.25) is 0 Å². The monoisotopic (exact) mass is 209 g/mol. The van der Waals surface area contributed by atoms with Crippen molar-refractivity contribution in [3.63, 3.8) is 0 Å². The zero-order chi connectivity index (χ0) is 10.6. The van der Waals surface area contributed by atoms with E-state index in [1.54, 1.807) is 0 Å². The molecule has 1 aromatic rings. The highest BCUT2D eigenvalue weighted by Gasteiger charge is 2.06. The number of benzene rings is 1. The molecule has 1 unspecified atom stereocenters. The molecule has 0 fully saturated rings. The van der Waals surface area contributed by atoms with Crippen molar-refractivity contribution in [2.45, 2.75) is 19.9 Å². The lowest BCUT2D eigenvalue weighted by molar-refractivity contribution is 0.649. The van der Waals surface area contributed by atoms with Crippen LogP contribution >= 0.6 is 11.6 Å². The normalized spacial score (nSPS) is 12.5. The van der Waals surface area contributed by atoms with E-state index in [9.17, 15) is 0 Å². The predicted octanol–water partition coefficient (Wildman–Crippen LogP) is 3.49. The summed E-state index contributed by atoms with van der Waals surface area (Å²) in [6, 6.07) is 6.28. The van der Waals surface area contributed by atoms with Gasteiger partial charge in [0.05, 0.1) is 6.04 Å². The average molecular weight is 210 g/mol. The van der Waals surface area contributed by atoms with Crippen LogP contribution < -0.4 is 5.32 Å². The average Bonchev–Trinajstić information content (AvgIpc) is 2.19. The van der Waals surface area contributed by atoms with Gasteiger partial charge in [-0.15, -0.1) is 6.58 Å². The molecule has 0 spiro atoms. The van der Waals surface area contributed by atoms with Gasteiger partial charge in [-0.2, -0.15) is 0 Å². The third kappa shape index (κ3) is 2.60. The third-order valence-corrected chi connectivity index (χ3v) is 2.62. The van der Waals surface area contributed by atoms with Gasteiger partial charge in [0.25, 0.3) is 0 Å². The zero-order valence-corrected chi connectivity index (χ0v) is 9.43. The molecule has 0 heterocycles. The van der Waals surface area contributed by atoms with Gasteiger partial charge in [0.15, 0.2) is 0 Å². The first-order valence-corrected chi connectivity index (χ1v) is 5.18. The Balaban J connectivity index is 2.93. The summed E-state index contributed by atoms with van der Waals surface area (Å²) in [5.74, 6) is 0. The van der Waals surface area contributed by atoms with Gasteiger partial charge in [-0.25, -0.2) is 0 Å². The van der Waals surface area contributed by atoms with E-state index in [0.29, 0.717) is 0 Å². The van der Waals surface area contributed by atoms with Gasteiger partial charge in [0, 0.05) is 5.02 Å². The van der Waals surface area contributed by atoms with Crippen LogP contribution in [0.15, 0.2) is 30.9 Å². The number of rotatable bonds is 4. The smallest absolute Gasteiger partial charge is 0.0503 e. The molecule has 14 heavy (non-hydrogen) atoms. The Morgan fingerprint density at radius 2 is 2.29 bits per heavy atom. The summed E-state index contributed by atoms with van der Waals surface area (Å²) in [4.78, 5) is 0. The Labute approximate surface area is 90.8 Å². The molecule has 2 heteroatoms. The lowest BCUT2D eigenvalue weighted by Gasteiger charge is -2.14. The molecule has 0 radical (unpaired) electrons. The van der Waals surface area contributed by atoms with E-state index >= 15 is 0 Å². The number of aryl methyl sites for hydroxylation is 1. The Kier molecular flexibility index (Phi) is 4.18. The quantitative estimate of drug-likeness (QED) is 0.749. The van der Waals surface area contributed by atoms with Crippen LogP contribution in [-0.4, -0.2) is 6.54 Å². The SMILES string of the molecule is C=CC(NCC)c1ccc(Cl)c(C)c1. The van der Waals surface area contributed by atoms with Crippen LogP contribution in [0.2, 0.25) is 5.02 Å². The molecule has 76 valence electrons. The summed E-state index contributed by atoms with van der Waals surface area (Å²) >= 11 is 5.96. The third-order valence-electron chi connectivity index (χ3n) is 2.20. The van der Waals surface area contributed by atoms with Crippen molar-refractivity contribution in [3.8, 4) is 0 Å². The summed E-state index contributed by atoms with van der Waals surface area (Å²) in [5, 5.41) is 4.15. The molecule has 0 aliphatic rings. The van der Waals surface area contributed by atoms with Crippen LogP contribution in [-0.2, 0) is 0 Å². The topological polar surface area (TPSA) is 12.0 Å². The molecule has 1 aromatic carbocycles. The minimum absolute atomic E-state index is 0.218. The molecule has 0 bridgehead atoms. The summed E-state index contributed by atoms with van der Waals surface area (Å²) < 4.78 is 0. The van der Waals surface area contributed by atoms with Crippen LogP contribution in [0.1, 0.15) is 24.1 Å². The Morgan fingerprint density at radius 3 is 2.79 bits per heavy atom. The second-order valence-electron chi connectivity index (χ2n) is 3.28. The molecule has 1 atom stereocenters. The van der Waals surface area contributed by atoms with Gasteiger partial charge in [0.2, 0.25) is 0 Å². The standard InChI is InChI=1S/C12H16ClN/c1-4-12(14-5-2)10-6-7-11(13)9(3)8-10/h4,6-8,12,14H,1,5H2,2-3H3. The first kappa shape index (κ1) is 11.3. The summed E-state index contributed by atoms with van der Waals surface area (Å²) in [7, 11) is 0. The predicted molar refractivity (Wildman–Crippen MR) is 62.8 cm³/mol. The molecule has 0 amide bonds. The zero-order valence-electron chi connectivity index (χ0n) is 8.68. The summed E-state index contributed by atoms with van der Waals surface area (Å²) in [6.45, 7) is 8.84. The molecular weight excluding hydrogens is 194 g/mol. The second kappa shape index (κ2) is 5.18. The highest BCUT2D eigenvalue weighted by atomic mass is 35.5. The number of hydrogen-bond donors (Lipinski definition) is 1. The minimum atomic E-state index is 0.218. The number of likely N-dealkylation sites (N-methyl/N-ethyl adjacent to an activating group) is 1. The minimum Gasteiger partial charge on any atom is -0.307 e. The van der Waals surface area contributed by atoms with Crippen LogP contribution in [0.3, 0.4) is 0 Å². The van der Waals surface area contributed by atoms with E-state index in [1.807, 2.05) is 25.1 Å². The first-order valence-electron chi connectivity index (χ1n) is 4.81. The number of halogens is 1. The van der Waals surface area contributed by atoms with Gasteiger partial charge < -0.3 is 5.32 Å². The summed E-state index contributed by atoms with van der Waals surface area (Å²) in [6.07, 6.45) is 1.91. The van der Waals surface area contributed by atoms with Crippen molar-refractivity contribution in [2.24, 2.45) is 0 Å². The molecule has 0 saturated carbocycles. The molecule has 1 N–H and O–H groups in total. The van der Waals surface area contributed by atoms with Crippen molar-refractivity contribution in [1.29, 1.82) is 0 Å². The van der Waals surface area contributed by atoms with E-state index < -0.39 is 0 Å². The highest BCUT2D eigenvalue weighted by molar-refractivity contribution is 6.31. The molecular formula is C12H16ClN. The fraction of sp³-hybridized carbons (Fsp3) is 0.333. The highest BCUT2D eigenvalue weighted by Crippen LogP contribution is 2.21. The van der Waals surface area contributed by atoms with Crippen LogP contribution in [0, 0.1) is 6.92 Å². The lowest BCUT2D eigenvalue weighted by Crippen LogP contribution is -2.18. The molecule has 1 rings (SSSR count). The Morgan fingerprint density at radius 1 is 1.57 bits per heavy atom. The Bertz CT molecular complexity index is 320. The van der Waals surface area contributed by atoms with Gasteiger partial charge >= 0.3 is 0 Å². The second-order valence-corrected chi connectivity index (χ2v) is 3.69. The Hall–Kier alpha value is -0.790. The van der Waals surface area contributed by atoms with Crippen LogP contribution in [0.25, 0.3) is 0 Å². The summed E-state index contributed by atoms with van der Waals surface area (Å²) in [5.41, 5.74) is 2.32. The fourth-order valence-corrected chi connectivity index (χ4v) is 1.54. The van der Waals surface area contributed by atoms with Crippen molar-refractivity contribution < 1.29 is 0 Å². The number of nitrogens with one attached hydrogen (secondary N) is 1. The van der Waals surface area contributed by atoms with E-state index in [-0.39, 0.29) is 6.04 Å². The van der Waals surface area contributed by atoms with Gasteiger partial charge in [-0.1, -0.05) is 36.7 Å². The molecule has 1 nitrogen and oxygen atoms in total. The van der Waals surface area contributed by atoms with Crippen molar-refractivity contribution >= 4 is 11.6 Å². The van der Waals surface area contributed by atoms with Gasteiger partial charge in [-0.05, 0) is 30.7 Å². The number of hydrogen-bond acceptors (Lipinski definition) is 1. The lowest BCUT2D eigenvalue weighted by atomic mass is 10.0. The van der Waals surface area contributed by atoms with E-state index in [4.69, 9.17) is 11.6 Å². The molecule has 0 saturated heterocycles. The van der Waals surface area contributed by atoms with Crippen molar-refractivity contribution in [3.05, 3.63) is 47.0 Å². The molecule has 0 aliphatic carbocycles. The van der Waals surface area contributed by atoms with Crippen LogP contribution in [0.4, 0.5) is 0 Å². The maximum Gasteiger partial charge on any atom is 0.0503 e. The van der Waals surface area contributed by atoms with Crippen LogP contribution in [0.5, 0.6) is 0 Å². The largest absolute Gasteiger partial charge is 0.307 e. The van der Waals surface area contributed by atoms with Gasteiger partial charge in [0.1, 0.15) is 0 Å². The van der Waals surface area contributed by atoms with Crippen molar-refractivity contribution in [1.82, 2.24) is 5.32 Å². The molecule has 0 aliphatic heterocycles. The van der Waals surface area contributed by atoms with Crippen molar-refractivity contribution in [2.75, 3.05) is 6.54 Å². The van der Waals surface area contributed by atoms with E-state index in [1.165, 1.54) is 5.56 Å².